The molecular weight excluding hydrogens is 212 g/mol. The van der Waals surface area contributed by atoms with Crippen LogP contribution in [0.1, 0.15) is 6.42 Å². The average Bonchev–Trinajstić information content (AvgIpc) is 2.65. The lowest BCUT2D eigenvalue weighted by atomic mass is 10.3. The van der Waals surface area contributed by atoms with Crippen molar-refractivity contribution in [3.63, 3.8) is 0 Å². The number of nitrogens with zero attached hydrogens (tertiary/aromatic N) is 3. The van der Waals surface area contributed by atoms with Crippen molar-refractivity contribution in [1.82, 2.24) is 9.55 Å². The summed E-state index contributed by atoms with van der Waals surface area (Å²) in [5.41, 5.74) is 1.23. The number of nitro groups is 1. The van der Waals surface area contributed by atoms with Crippen LogP contribution in [-0.2, 0) is 6.54 Å². The topological polar surface area (TPSA) is 61.0 Å². The molecule has 0 saturated carbocycles. The fourth-order valence-electron chi connectivity index (χ4n) is 1.64. The Kier molecular flexibility index (Phi) is 2.80. The Hall–Kier alpha value is -1.98. The Bertz CT molecular complexity index is 524. The van der Waals surface area contributed by atoms with Crippen LogP contribution in [0.25, 0.3) is 11.0 Å². The lowest BCUT2D eigenvalue weighted by Gasteiger charge is -2.00. The number of aromatic nitrogens is 2. The molecule has 0 aliphatic carbocycles. The van der Waals surface area contributed by atoms with Gasteiger partial charge in [-0.25, -0.2) is 4.57 Å². The first-order valence-electron chi connectivity index (χ1n) is 4.89. The van der Waals surface area contributed by atoms with E-state index >= 15 is 0 Å². The molecule has 0 fully saturated rings. The van der Waals surface area contributed by atoms with Crippen LogP contribution < -0.4 is 0 Å². The number of hydrogen-bond acceptors (Lipinski definition) is 3. The van der Waals surface area contributed by atoms with Crippen molar-refractivity contribution in [2.45, 2.75) is 13.0 Å². The number of halogens is 1. The monoisotopic (exact) mass is 222 g/mol. The zero-order chi connectivity index (χ0) is 11.5. The summed E-state index contributed by atoms with van der Waals surface area (Å²) < 4.78 is 13.6. The van der Waals surface area contributed by atoms with Gasteiger partial charge in [0.15, 0.2) is 5.52 Å². The quantitative estimate of drug-likeness (QED) is 0.589. The molecule has 0 amide bonds. The Morgan fingerprint density at radius 1 is 1.44 bits per heavy atom. The Balaban J connectivity index is 2.55. The van der Waals surface area contributed by atoms with Crippen LogP contribution in [0.2, 0.25) is 0 Å². The van der Waals surface area contributed by atoms with Crippen molar-refractivity contribution >= 4 is 17.0 Å². The third-order valence-corrected chi connectivity index (χ3v) is 2.31. The molecule has 0 aliphatic rings. The number of aryl methyl sites for hydroxylation is 1. The van der Waals surface area contributed by atoms with Crippen molar-refractivity contribution < 1.29 is 9.31 Å². The van der Waals surface area contributed by atoms with Crippen molar-refractivity contribution in [3.05, 3.63) is 34.4 Å². The van der Waals surface area contributed by atoms with Gasteiger partial charge in [-0.2, -0.15) is 0 Å². The van der Waals surface area contributed by atoms with Crippen LogP contribution in [0.15, 0.2) is 24.3 Å². The second-order valence-electron chi connectivity index (χ2n) is 3.35. The van der Waals surface area contributed by atoms with Gasteiger partial charge in [0.25, 0.3) is 0 Å². The van der Waals surface area contributed by atoms with Crippen molar-refractivity contribution in [2.75, 3.05) is 6.67 Å². The maximum absolute atomic E-state index is 12.1. The number of alkyl halides is 1. The molecule has 0 unspecified atom stereocenters. The van der Waals surface area contributed by atoms with E-state index in [1.807, 2.05) is 0 Å². The maximum Gasteiger partial charge on any atom is 0.435 e. The molecule has 2 aromatic rings. The second kappa shape index (κ2) is 4.26. The molecule has 5 nitrogen and oxygen atoms in total. The molecule has 1 aromatic carbocycles. The first-order chi connectivity index (χ1) is 7.74. The molecule has 0 N–H and O–H groups in total. The smallest absolute Gasteiger partial charge is 0.390 e. The average molecular weight is 222 g/mol. The Morgan fingerprint density at radius 2 is 2.19 bits per heavy atom. The minimum atomic E-state index is -0.543. The van der Waals surface area contributed by atoms with Crippen LogP contribution in [0.5, 0.6) is 0 Å². The fourth-order valence-corrected chi connectivity index (χ4v) is 1.64. The highest BCUT2D eigenvalue weighted by molar-refractivity contribution is 5.77. The fraction of sp³-hybridized carbons (Fsp3) is 0.300. The standard InChI is InChI=1S/C10H10FN3O2/c11-6-3-7-13-9-5-2-1-4-8(9)12-10(13)14(15)16/h1-2,4-5H,3,6-7H2/i11-1. The summed E-state index contributed by atoms with van der Waals surface area (Å²) >= 11 is 0. The van der Waals surface area contributed by atoms with Crippen molar-refractivity contribution in [3.8, 4) is 0 Å². The highest BCUT2D eigenvalue weighted by Gasteiger charge is 2.20. The van der Waals surface area contributed by atoms with Gasteiger partial charge in [-0.3, -0.25) is 4.39 Å². The van der Waals surface area contributed by atoms with E-state index < -0.39 is 11.6 Å². The molecule has 84 valence electrons. The molecule has 0 aliphatic heterocycles. The number of benzene rings is 1. The van der Waals surface area contributed by atoms with Crippen LogP contribution in [-0.4, -0.2) is 21.1 Å². The van der Waals surface area contributed by atoms with Crippen LogP contribution in [0.4, 0.5) is 10.3 Å². The molecule has 16 heavy (non-hydrogen) atoms. The highest BCUT2D eigenvalue weighted by Crippen LogP contribution is 2.21. The minimum Gasteiger partial charge on any atom is -0.390 e. The van der Waals surface area contributed by atoms with Gasteiger partial charge in [0.2, 0.25) is 0 Å². The summed E-state index contributed by atoms with van der Waals surface area (Å²) in [6.07, 6.45) is 0.251. The summed E-state index contributed by atoms with van der Waals surface area (Å²) in [5, 5.41) is 10.8. The van der Waals surface area contributed by atoms with Gasteiger partial charge in [-0.05, 0) is 17.1 Å². The van der Waals surface area contributed by atoms with Crippen LogP contribution in [0.3, 0.4) is 0 Å². The third kappa shape index (κ3) is 1.73. The maximum atomic E-state index is 12.1. The number of imidazole rings is 1. The van der Waals surface area contributed by atoms with E-state index in [2.05, 4.69) is 4.98 Å². The van der Waals surface area contributed by atoms with Gasteiger partial charge in [-0.15, -0.1) is 0 Å². The molecule has 0 bridgehead atoms. The Labute approximate surface area is 90.7 Å². The summed E-state index contributed by atoms with van der Waals surface area (Å²) in [7, 11) is 0. The van der Waals surface area contributed by atoms with Gasteiger partial charge in [0.05, 0.1) is 13.2 Å². The molecule has 0 spiro atoms. The first kappa shape index (κ1) is 10.5. The second-order valence-corrected chi connectivity index (χ2v) is 3.35. The van der Waals surface area contributed by atoms with E-state index in [9.17, 15) is 14.5 Å². The number of para-hydroxylation sites is 2. The predicted octanol–water partition coefficient (Wildman–Crippen LogP) is 2.30. The van der Waals surface area contributed by atoms with E-state index in [4.69, 9.17) is 0 Å². The third-order valence-electron chi connectivity index (χ3n) is 2.31. The van der Waals surface area contributed by atoms with E-state index in [0.717, 1.165) is 0 Å². The zero-order valence-corrected chi connectivity index (χ0v) is 8.47. The molecule has 2 rings (SSSR count). The summed E-state index contributed by atoms with van der Waals surface area (Å²) in [6.45, 7) is -0.225. The van der Waals surface area contributed by atoms with Gasteiger partial charge in [0.1, 0.15) is 5.52 Å². The number of fused-ring (bicyclic) bond motifs is 1. The lowest BCUT2D eigenvalue weighted by Crippen LogP contribution is -2.04. The SMILES string of the molecule is O=[N+]([O-])c1nc2ccccc2n1CCC[18F]. The molecule has 0 radical (unpaired) electrons. The van der Waals surface area contributed by atoms with Crippen molar-refractivity contribution in [2.24, 2.45) is 0 Å². The summed E-state index contributed by atoms with van der Waals surface area (Å²) in [4.78, 5) is 14.1. The molecule has 0 saturated heterocycles. The Morgan fingerprint density at radius 3 is 2.88 bits per heavy atom. The first-order valence-corrected chi connectivity index (χ1v) is 4.89. The zero-order valence-electron chi connectivity index (χ0n) is 8.47. The lowest BCUT2D eigenvalue weighted by molar-refractivity contribution is -0.396. The highest BCUT2D eigenvalue weighted by atomic mass is 18.2. The van der Waals surface area contributed by atoms with Gasteiger partial charge in [0, 0.05) is 6.42 Å². The number of hydrogen-bond donors (Lipinski definition) is 0. The predicted molar refractivity (Wildman–Crippen MR) is 57.0 cm³/mol. The van der Waals surface area contributed by atoms with Crippen LogP contribution in [0, 0.1) is 10.1 Å². The molecule has 0 atom stereocenters. The molecule has 1 aromatic heterocycles. The van der Waals surface area contributed by atoms with Crippen molar-refractivity contribution in [1.29, 1.82) is 0 Å². The van der Waals surface area contributed by atoms with Gasteiger partial charge >= 0.3 is 5.95 Å². The molecular formula is C10H10FN3O2. The van der Waals surface area contributed by atoms with E-state index in [1.54, 1.807) is 24.3 Å². The minimum absolute atomic E-state index is 0.227. The number of rotatable bonds is 4. The van der Waals surface area contributed by atoms with E-state index in [-0.39, 0.29) is 18.9 Å². The van der Waals surface area contributed by atoms with Gasteiger partial charge < -0.3 is 10.1 Å². The molecule has 6 heteroatoms. The van der Waals surface area contributed by atoms with E-state index in [0.29, 0.717) is 11.0 Å². The van der Waals surface area contributed by atoms with E-state index in [1.165, 1.54) is 4.57 Å². The largest absolute Gasteiger partial charge is 0.435 e. The normalized spacial score (nSPS) is 10.8. The summed E-state index contributed by atoms with van der Waals surface area (Å²) in [6, 6.07) is 6.99. The van der Waals surface area contributed by atoms with Crippen LogP contribution >= 0.6 is 0 Å². The van der Waals surface area contributed by atoms with Gasteiger partial charge in [-0.1, -0.05) is 17.1 Å². The summed E-state index contributed by atoms with van der Waals surface area (Å²) in [5.74, 6) is -0.227. The molecule has 1 heterocycles.